The Morgan fingerprint density at radius 1 is 0.857 bits per heavy atom. The van der Waals surface area contributed by atoms with Crippen molar-refractivity contribution in [3.8, 4) is 0 Å². The fraction of sp³-hybridized carbons (Fsp3) is 0.333. The van der Waals surface area contributed by atoms with Crippen LogP contribution in [0, 0.1) is 0 Å². The van der Waals surface area contributed by atoms with Crippen molar-refractivity contribution in [2.75, 3.05) is 0 Å². The van der Waals surface area contributed by atoms with Crippen LogP contribution >= 0.6 is 0 Å². The highest BCUT2D eigenvalue weighted by Gasteiger charge is 2.34. The van der Waals surface area contributed by atoms with E-state index in [9.17, 15) is 9.32 Å². The number of aliphatic hydroxyl groups is 1. The van der Waals surface area contributed by atoms with E-state index in [1.807, 2.05) is 81.4 Å². The lowest BCUT2D eigenvalue weighted by molar-refractivity contribution is 0.172. The molecule has 0 saturated heterocycles. The van der Waals surface area contributed by atoms with Crippen LogP contribution in [0.25, 0.3) is 0 Å². The van der Waals surface area contributed by atoms with Gasteiger partial charge in [0.2, 0.25) is 0 Å². The van der Waals surface area contributed by atoms with Crippen LogP contribution in [0.2, 0.25) is 0 Å². The molecule has 0 aliphatic carbocycles. The van der Waals surface area contributed by atoms with Crippen LogP contribution in [-0.4, -0.2) is 14.1 Å². The highest BCUT2D eigenvalue weighted by Crippen LogP contribution is 2.38. The summed E-state index contributed by atoms with van der Waals surface area (Å²) in [5, 5.41) is 10.3. The zero-order valence-electron chi connectivity index (χ0n) is 12.7. The van der Waals surface area contributed by atoms with Crippen LogP contribution in [0.5, 0.6) is 0 Å². The normalized spacial score (nSPS) is 16.2. The van der Waals surface area contributed by atoms with Gasteiger partial charge in [-0.2, -0.15) is 0 Å². The predicted molar refractivity (Wildman–Crippen MR) is 88.5 cm³/mol. The van der Waals surface area contributed by atoms with E-state index in [0.717, 1.165) is 11.1 Å². The number of hydrogen-bond donors (Lipinski definition) is 1. The molecule has 2 aromatic rings. The standard InChI is InChI=1S/C18H22O2S/c1-18(2,3)21(20)17(15-12-8-5-9-13-15)16(19)14-10-6-4-7-11-14/h4-13,16-17,19H,1-3H3/t16-,17+,21?/m0/s1. The van der Waals surface area contributed by atoms with E-state index < -0.39 is 26.9 Å². The van der Waals surface area contributed by atoms with Crippen LogP contribution in [0.15, 0.2) is 60.7 Å². The van der Waals surface area contributed by atoms with Gasteiger partial charge < -0.3 is 5.11 Å². The number of aliphatic hydroxyl groups excluding tert-OH is 1. The molecule has 0 aliphatic heterocycles. The topological polar surface area (TPSA) is 37.3 Å². The lowest BCUT2D eigenvalue weighted by Crippen LogP contribution is -2.30. The Morgan fingerprint density at radius 3 is 1.71 bits per heavy atom. The third-order valence-electron chi connectivity index (χ3n) is 3.39. The average Bonchev–Trinajstić information content (AvgIpc) is 2.48. The van der Waals surface area contributed by atoms with Crippen molar-refractivity contribution in [1.29, 1.82) is 0 Å². The van der Waals surface area contributed by atoms with Crippen LogP contribution in [0.1, 0.15) is 43.3 Å². The minimum atomic E-state index is -1.21. The molecule has 112 valence electrons. The summed E-state index contributed by atoms with van der Waals surface area (Å²) < 4.78 is 12.5. The first kappa shape index (κ1) is 15.9. The average molecular weight is 302 g/mol. The van der Waals surface area contributed by atoms with Gasteiger partial charge in [-0.05, 0) is 31.9 Å². The molecular formula is C18H22O2S. The molecule has 0 saturated carbocycles. The lowest BCUT2D eigenvalue weighted by Gasteiger charge is -2.29. The molecule has 0 heterocycles. The Hall–Kier alpha value is -1.45. The molecule has 0 spiro atoms. The van der Waals surface area contributed by atoms with E-state index in [2.05, 4.69) is 0 Å². The van der Waals surface area contributed by atoms with Gasteiger partial charge in [0.1, 0.15) is 0 Å². The second-order valence-electron chi connectivity index (χ2n) is 6.10. The fourth-order valence-electron chi connectivity index (χ4n) is 2.27. The first-order valence-corrected chi connectivity index (χ1v) is 8.31. The number of benzene rings is 2. The molecule has 3 atom stereocenters. The van der Waals surface area contributed by atoms with Crippen molar-refractivity contribution in [3.05, 3.63) is 71.8 Å². The van der Waals surface area contributed by atoms with E-state index in [1.165, 1.54) is 0 Å². The van der Waals surface area contributed by atoms with Crippen molar-refractivity contribution in [2.24, 2.45) is 0 Å². The molecule has 0 aromatic heterocycles. The maximum Gasteiger partial charge on any atom is 0.0974 e. The highest BCUT2D eigenvalue weighted by molar-refractivity contribution is 7.86. The maximum atomic E-state index is 12.9. The Balaban J connectivity index is 2.44. The van der Waals surface area contributed by atoms with Gasteiger partial charge in [-0.3, -0.25) is 4.21 Å². The summed E-state index contributed by atoms with van der Waals surface area (Å²) in [5.74, 6) is 0. The van der Waals surface area contributed by atoms with E-state index in [4.69, 9.17) is 0 Å². The predicted octanol–water partition coefficient (Wildman–Crippen LogP) is 4.01. The largest absolute Gasteiger partial charge is 0.387 e. The maximum absolute atomic E-state index is 12.9. The summed E-state index contributed by atoms with van der Waals surface area (Å²) in [6.45, 7) is 5.82. The van der Waals surface area contributed by atoms with Crippen molar-refractivity contribution in [3.63, 3.8) is 0 Å². The number of hydrogen-bond acceptors (Lipinski definition) is 2. The summed E-state index contributed by atoms with van der Waals surface area (Å²) in [4.78, 5) is 0. The van der Waals surface area contributed by atoms with Crippen molar-refractivity contribution in [1.82, 2.24) is 0 Å². The third kappa shape index (κ3) is 3.80. The molecule has 2 nitrogen and oxygen atoms in total. The molecule has 0 radical (unpaired) electrons. The summed E-state index contributed by atoms with van der Waals surface area (Å²) in [5.41, 5.74) is 1.70. The molecule has 0 amide bonds. The molecule has 3 heteroatoms. The first-order valence-electron chi connectivity index (χ1n) is 7.10. The van der Waals surface area contributed by atoms with Gasteiger partial charge in [0, 0.05) is 15.5 Å². The zero-order valence-corrected chi connectivity index (χ0v) is 13.5. The van der Waals surface area contributed by atoms with Crippen LogP contribution in [0.3, 0.4) is 0 Å². The smallest absolute Gasteiger partial charge is 0.0974 e. The Bertz CT molecular complexity index is 588. The summed E-state index contributed by atoms with van der Waals surface area (Å²) >= 11 is 0. The fourth-order valence-corrected chi connectivity index (χ4v) is 3.83. The Morgan fingerprint density at radius 2 is 1.29 bits per heavy atom. The summed E-state index contributed by atoms with van der Waals surface area (Å²) in [7, 11) is -1.21. The molecule has 21 heavy (non-hydrogen) atoms. The monoisotopic (exact) mass is 302 g/mol. The molecule has 1 N–H and O–H groups in total. The van der Waals surface area contributed by atoms with Crippen LogP contribution in [-0.2, 0) is 10.8 Å². The molecule has 2 aromatic carbocycles. The van der Waals surface area contributed by atoms with Gasteiger partial charge >= 0.3 is 0 Å². The molecule has 1 unspecified atom stereocenters. The first-order chi connectivity index (χ1) is 9.91. The van der Waals surface area contributed by atoms with Crippen molar-refractivity contribution < 1.29 is 9.32 Å². The molecule has 0 aliphatic rings. The van der Waals surface area contributed by atoms with Gasteiger partial charge in [-0.15, -0.1) is 0 Å². The Labute approximate surface area is 129 Å². The van der Waals surface area contributed by atoms with Gasteiger partial charge in [-0.1, -0.05) is 60.7 Å². The van der Waals surface area contributed by atoms with Gasteiger partial charge in [0.25, 0.3) is 0 Å². The molecule has 2 rings (SSSR count). The van der Waals surface area contributed by atoms with Gasteiger partial charge in [0.05, 0.1) is 11.4 Å². The second-order valence-corrected chi connectivity index (χ2v) is 8.42. The Kier molecular flexibility index (Phi) is 4.96. The summed E-state index contributed by atoms with van der Waals surface area (Å²) in [6, 6.07) is 19.1. The zero-order chi connectivity index (χ0) is 15.5. The van der Waals surface area contributed by atoms with Gasteiger partial charge in [0.15, 0.2) is 0 Å². The summed E-state index contributed by atoms with van der Waals surface area (Å²) in [6.07, 6.45) is -0.784. The molecule has 0 fully saturated rings. The van der Waals surface area contributed by atoms with Crippen LogP contribution in [0.4, 0.5) is 0 Å². The number of rotatable bonds is 4. The third-order valence-corrected chi connectivity index (χ3v) is 5.59. The SMILES string of the molecule is CC(C)(C)S(=O)[C@H](c1ccccc1)[C@@H](O)c1ccccc1. The van der Waals surface area contributed by atoms with E-state index in [0.29, 0.717) is 0 Å². The van der Waals surface area contributed by atoms with Crippen molar-refractivity contribution >= 4 is 10.8 Å². The molecule has 0 bridgehead atoms. The quantitative estimate of drug-likeness (QED) is 0.926. The molecular weight excluding hydrogens is 280 g/mol. The van der Waals surface area contributed by atoms with Crippen LogP contribution < -0.4 is 0 Å². The second kappa shape index (κ2) is 6.54. The minimum absolute atomic E-state index is 0.393. The minimum Gasteiger partial charge on any atom is -0.387 e. The van der Waals surface area contributed by atoms with E-state index in [-0.39, 0.29) is 0 Å². The lowest BCUT2D eigenvalue weighted by atomic mass is 10.0. The highest BCUT2D eigenvalue weighted by atomic mass is 32.2. The van der Waals surface area contributed by atoms with E-state index >= 15 is 0 Å². The van der Waals surface area contributed by atoms with Crippen molar-refractivity contribution in [2.45, 2.75) is 36.9 Å². The van der Waals surface area contributed by atoms with E-state index in [1.54, 1.807) is 0 Å². The van der Waals surface area contributed by atoms with Gasteiger partial charge in [-0.25, -0.2) is 0 Å².